The predicted octanol–water partition coefficient (Wildman–Crippen LogP) is 3.15. The first kappa shape index (κ1) is 20.6. The number of likely N-dealkylation sites (tertiary alicyclic amines) is 1. The molecular formula is C23H28N4O2S. The van der Waals surface area contributed by atoms with Gasteiger partial charge in [-0.3, -0.25) is 14.5 Å². The molecule has 2 aliphatic heterocycles. The Morgan fingerprint density at radius 2 is 2.03 bits per heavy atom. The summed E-state index contributed by atoms with van der Waals surface area (Å²) < 4.78 is 2.04. The van der Waals surface area contributed by atoms with E-state index in [-0.39, 0.29) is 11.8 Å². The number of hydrogen-bond donors (Lipinski definition) is 1. The van der Waals surface area contributed by atoms with Gasteiger partial charge in [-0.15, -0.1) is 0 Å². The van der Waals surface area contributed by atoms with Gasteiger partial charge in [0.25, 0.3) is 5.91 Å². The van der Waals surface area contributed by atoms with Crippen LogP contribution in [0.2, 0.25) is 0 Å². The van der Waals surface area contributed by atoms with Crippen molar-refractivity contribution < 1.29 is 9.59 Å². The molecule has 2 amide bonds. The number of carbonyl (C=O) groups is 2. The Hall–Kier alpha value is -2.67. The lowest BCUT2D eigenvalue weighted by atomic mass is 9.99. The largest absolute Gasteiger partial charge is 0.341 e. The lowest BCUT2D eigenvalue weighted by Gasteiger charge is -2.30. The maximum absolute atomic E-state index is 13.0. The number of aromatic nitrogens is 1. The molecule has 158 valence electrons. The highest BCUT2D eigenvalue weighted by Crippen LogP contribution is 2.28. The lowest BCUT2D eigenvalue weighted by Crippen LogP contribution is -2.39. The highest BCUT2D eigenvalue weighted by atomic mass is 32.1. The van der Waals surface area contributed by atoms with Gasteiger partial charge in [0.15, 0.2) is 5.11 Å². The summed E-state index contributed by atoms with van der Waals surface area (Å²) in [4.78, 5) is 28.9. The molecule has 2 aliphatic rings. The Bertz CT molecular complexity index is 1050. The summed E-state index contributed by atoms with van der Waals surface area (Å²) in [5, 5.41) is 4.43. The van der Waals surface area contributed by atoms with Gasteiger partial charge in [0.1, 0.15) is 12.2 Å². The molecule has 1 N–H and O–H groups in total. The fourth-order valence-corrected chi connectivity index (χ4v) is 4.47. The maximum atomic E-state index is 13.0. The Labute approximate surface area is 182 Å². The molecule has 0 spiro atoms. The summed E-state index contributed by atoms with van der Waals surface area (Å²) in [5.41, 5.74) is 3.62. The molecule has 0 unspecified atom stereocenters. The fourth-order valence-electron chi connectivity index (χ4n) is 4.27. The van der Waals surface area contributed by atoms with E-state index in [0.29, 0.717) is 23.3 Å². The van der Waals surface area contributed by atoms with Gasteiger partial charge in [-0.25, -0.2) is 0 Å². The minimum atomic E-state index is -0.147. The fraction of sp³-hybridized carbons (Fsp3) is 0.435. The predicted molar refractivity (Wildman–Crippen MR) is 123 cm³/mol. The number of fused-ring (bicyclic) bond motifs is 1. The van der Waals surface area contributed by atoms with Gasteiger partial charge < -0.3 is 14.8 Å². The van der Waals surface area contributed by atoms with Crippen molar-refractivity contribution in [2.24, 2.45) is 5.92 Å². The Morgan fingerprint density at radius 3 is 2.67 bits per heavy atom. The van der Waals surface area contributed by atoms with E-state index in [1.54, 1.807) is 7.05 Å². The third-order valence-corrected chi connectivity index (χ3v) is 6.59. The van der Waals surface area contributed by atoms with Crippen molar-refractivity contribution in [2.75, 3.05) is 20.1 Å². The number of rotatable bonds is 4. The highest BCUT2D eigenvalue weighted by molar-refractivity contribution is 7.80. The molecule has 2 fully saturated rings. The van der Waals surface area contributed by atoms with E-state index in [1.807, 2.05) is 33.9 Å². The second-order valence-electron chi connectivity index (χ2n) is 8.29. The quantitative estimate of drug-likeness (QED) is 0.605. The highest BCUT2D eigenvalue weighted by Gasteiger charge is 2.28. The minimum Gasteiger partial charge on any atom is -0.341 e. The van der Waals surface area contributed by atoms with E-state index in [0.717, 1.165) is 48.8 Å². The molecule has 1 aromatic heterocycles. The molecule has 0 atom stereocenters. The molecule has 7 heteroatoms. The lowest BCUT2D eigenvalue weighted by molar-refractivity contribution is -0.133. The monoisotopic (exact) mass is 424 g/mol. The van der Waals surface area contributed by atoms with Crippen molar-refractivity contribution in [2.45, 2.75) is 39.7 Å². The first-order chi connectivity index (χ1) is 14.4. The summed E-state index contributed by atoms with van der Waals surface area (Å²) in [5.74, 6) is 0.693. The van der Waals surface area contributed by atoms with E-state index >= 15 is 0 Å². The number of piperidine rings is 1. The van der Waals surface area contributed by atoms with Gasteiger partial charge in [0.2, 0.25) is 5.91 Å². The zero-order chi connectivity index (χ0) is 21.4. The van der Waals surface area contributed by atoms with Crippen molar-refractivity contribution in [3.63, 3.8) is 0 Å². The van der Waals surface area contributed by atoms with E-state index < -0.39 is 0 Å². The van der Waals surface area contributed by atoms with Crippen LogP contribution in [0, 0.1) is 5.92 Å². The zero-order valence-corrected chi connectivity index (χ0v) is 18.6. The average molecular weight is 425 g/mol. The Morgan fingerprint density at radius 1 is 1.30 bits per heavy atom. The standard InChI is InChI=1S/C23H28N4O2S/c1-4-16-6-5-7-18-17(12-19-22(29)25(3)23(30)24-19)13-27(21(16)18)14-20(28)26-10-8-15(2)9-11-26/h5-7,12-13,15H,4,8-11,14H2,1-3H3,(H,24,30)/b19-12-. The van der Waals surface area contributed by atoms with Gasteiger partial charge in [0.05, 0.1) is 5.52 Å². The van der Waals surface area contributed by atoms with Crippen LogP contribution in [-0.4, -0.2) is 51.4 Å². The number of amides is 2. The van der Waals surface area contributed by atoms with Crippen molar-refractivity contribution in [3.8, 4) is 0 Å². The van der Waals surface area contributed by atoms with Crippen LogP contribution in [0.15, 0.2) is 30.1 Å². The number of carbonyl (C=O) groups excluding carboxylic acids is 2. The molecule has 4 rings (SSSR count). The summed E-state index contributed by atoms with van der Waals surface area (Å²) in [6, 6.07) is 6.18. The summed E-state index contributed by atoms with van der Waals surface area (Å²) in [6.07, 6.45) is 6.83. The second kappa shape index (κ2) is 8.22. The minimum absolute atomic E-state index is 0.147. The number of aryl methyl sites for hydroxylation is 1. The molecule has 0 bridgehead atoms. The number of likely N-dealkylation sites (N-methyl/N-ethyl adjacent to an activating group) is 1. The summed E-state index contributed by atoms with van der Waals surface area (Å²) >= 11 is 5.19. The molecule has 2 saturated heterocycles. The molecule has 3 heterocycles. The average Bonchev–Trinajstić information content (AvgIpc) is 3.20. The SMILES string of the molecule is CCc1cccc2c(/C=C3\NC(=S)N(C)C3=O)cn(CC(=O)N3CCC(C)CC3)c12. The first-order valence-electron chi connectivity index (χ1n) is 10.6. The number of hydrogen-bond acceptors (Lipinski definition) is 3. The molecule has 6 nitrogen and oxygen atoms in total. The number of nitrogens with zero attached hydrogens (tertiary/aromatic N) is 3. The van der Waals surface area contributed by atoms with Crippen LogP contribution in [0.25, 0.3) is 17.0 Å². The van der Waals surface area contributed by atoms with E-state index in [9.17, 15) is 9.59 Å². The number of nitrogens with one attached hydrogen (secondary N) is 1. The summed E-state index contributed by atoms with van der Waals surface area (Å²) in [7, 11) is 1.66. The van der Waals surface area contributed by atoms with Crippen LogP contribution >= 0.6 is 12.2 Å². The molecule has 0 radical (unpaired) electrons. The van der Waals surface area contributed by atoms with Crippen LogP contribution in [0.4, 0.5) is 0 Å². The van der Waals surface area contributed by atoms with Gasteiger partial charge in [0, 0.05) is 37.3 Å². The van der Waals surface area contributed by atoms with Crippen molar-refractivity contribution in [3.05, 3.63) is 41.2 Å². The van der Waals surface area contributed by atoms with E-state index in [1.165, 1.54) is 10.5 Å². The molecular weight excluding hydrogens is 396 g/mol. The third kappa shape index (κ3) is 3.74. The number of benzene rings is 1. The van der Waals surface area contributed by atoms with Gasteiger partial charge in [-0.1, -0.05) is 32.0 Å². The van der Waals surface area contributed by atoms with Crippen molar-refractivity contribution >= 4 is 46.1 Å². The smallest absolute Gasteiger partial charge is 0.276 e. The molecule has 2 aromatic rings. The molecule has 1 aromatic carbocycles. The van der Waals surface area contributed by atoms with Gasteiger partial charge in [-0.05, 0) is 49.0 Å². The normalized spacial score (nSPS) is 19.2. The number of thiocarbonyl (C=S) groups is 1. The van der Waals surface area contributed by atoms with Crippen LogP contribution < -0.4 is 5.32 Å². The maximum Gasteiger partial charge on any atom is 0.276 e. The van der Waals surface area contributed by atoms with Crippen molar-refractivity contribution in [1.29, 1.82) is 0 Å². The molecule has 30 heavy (non-hydrogen) atoms. The molecule has 0 aliphatic carbocycles. The first-order valence-corrected chi connectivity index (χ1v) is 11.0. The topological polar surface area (TPSA) is 57.6 Å². The Kier molecular flexibility index (Phi) is 5.64. The number of para-hydroxylation sites is 1. The van der Waals surface area contributed by atoms with E-state index in [2.05, 4.69) is 25.2 Å². The summed E-state index contributed by atoms with van der Waals surface area (Å²) in [6.45, 7) is 6.34. The van der Waals surface area contributed by atoms with Crippen LogP contribution in [0.5, 0.6) is 0 Å². The van der Waals surface area contributed by atoms with Gasteiger partial charge >= 0.3 is 0 Å². The van der Waals surface area contributed by atoms with Crippen LogP contribution in [0.3, 0.4) is 0 Å². The zero-order valence-electron chi connectivity index (χ0n) is 17.8. The Balaban J connectivity index is 1.71. The van der Waals surface area contributed by atoms with Crippen LogP contribution in [0.1, 0.15) is 37.8 Å². The van der Waals surface area contributed by atoms with Crippen molar-refractivity contribution in [1.82, 2.24) is 19.7 Å². The molecule has 0 saturated carbocycles. The van der Waals surface area contributed by atoms with Crippen LogP contribution in [-0.2, 0) is 22.6 Å². The third-order valence-electron chi connectivity index (χ3n) is 6.22. The van der Waals surface area contributed by atoms with E-state index in [4.69, 9.17) is 12.2 Å². The van der Waals surface area contributed by atoms with Gasteiger partial charge in [-0.2, -0.15) is 0 Å². The second-order valence-corrected chi connectivity index (χ2v) is 8.68.